The molecule has 2 aromatic rings. The first-order valence-electron chi connectivity index (χ1n) is 7.15. The fourth-order valence-electron chi connectivity index (χ4n) is 2.92. The molecule has 20 heavy (non-hydrogen) atoms. The van der Waals surface area contributed by atoms with Crippen LogP contribution >= 0.6 is 0 Å². The molecule has 0 aromatic heterocycles. The van der Waals surface area contributed by atoms with E-state index in [0.717, 1.165) is 6.42 Å². The molecule has 3 N–H and O–H groups in total. The first kappa shape index (κ1) is 14.8. The zero-order chi connectivity index (χ0) is 14.4. The lowest BCUT2D eigenvalue weighted by atomic mass is 9.69. The van der Waals surface area contributed by atoms with Crippen molar-refractivity contribution in [1.29, 1.82) is 0 Å². The summed E-state index contributed by atoms with van der Waals surface area (Å²) in [4.78, 5) is 0. The second kappa shape index (κ2) is 6.69. The van der Waals surface area contributed by atoms with Crippen molar-refractivity contribution < 1.29 is 5.11 Å². The number of hydrogen-bond donors (Lipinski definition) is 2. The molecule has 2 rings (SSSR count). The Morgan fingerprint density at radius 1 is 1.00 bits per heavy atom. The van der Waals surface area contributed by atoms with E-state index in [-0.39, 0.29) is 18.1 Å². The van der Waals surface area contributed by atoms with E-state index in [2.05, 4.69) is 24.3 Å². The summed E-state index contributed by atoms with van der Waals surface area (Å²) in [6.45, 7) is 2.18. The fraction of sp³-hybridized carbons (Fsp3) is 0.333. The van der Waals surface area contributed by atoms with Crippen molar-refractivity contribution >= 4 is 0 Å². The summed E-state index contributed by atoms with van der Waals surface area (Å²) in [7, 11) is 0. The van der Waals surface area contributed by atoms with E-state index in [9.17, 15) is 5.11 Å². The van der Waals surface area contributed by atoms with E-state index in [4.69, 9.17) is 5.73 Å². The second-order valence-electron chi connectivity index (χ2n) is 5.45. The molecule has 0 saturated carbocycles. The summed E-state index contributed by atoms with van der Waals surface area (Å²) in [6.07, 6.45) is 1.51. The van der Waals surface area contributed by atoms with Crippen molar-refractivity contribution in [2.75, 3.05) is 6.61 Å². The van der Waals surface area contributed by atoms with Crippen molar-refractivity contribution in [3.63, 3.8) is 0 Å². The molecule has 2 unspecified atom stereocenters. The van der Waals surface area contributed by atoms with Crippen LogP contribution in [0.1, 0.15) is 24.5 Å². The molecular formula is C18H23NO. The lowest BCUT2D eigenvalue weighted by Gasteiger charge is -2.38. The van der Waals surface area contributed by atoms with Gasteiger partial charge in [-0.15, -0.1) is 0 Å². The van der Waals surface area contributed by atoms with Gasteiger partial charge in [0.25, 0.3) is 0 Å². The highest BCUT2D eigenvalue weighted by molar-refractivity contribution is 5.31. The van der Waals surface area contributed by atoms with Crippen LogP contribution in [0.3, 0.4) is 0 Å². The predicted molar refractivity (Wildman–Crippen MR) is 83.6 cm³/mol. The van der Waals surface area contributed by atoms with Gasteiger partial charge in [-0.05, 0) is 30.9 Å². The zero-order valence-corrected chi connectivity index (χ0v) is 12.0. The number of aliphatic hydroxyl groups excluding tert-OH is 1. The van der Waals surface area contributed by atoms with Gasteiger partial charge in [-0.25, -0.2) is 0 Å². The first-order valence-corrected chi connectivity index (χ1v) is 7.15. The highest BCUT2D eigenvalue weighted by Crippen LogP contribution is 2.34. The van der Waals surface area contributed by atoms with Gasteiger partial charge in [0.2, 0.25) is 0 Å². The van der Waals surface area contributed by atoms with E-state index < -0.39 is 0 Å². The summed E-state index contributed by atoms with van der Waals surface area (Å²) in [6, 6.07) is 20.6. The standard InChI is InChI=1S/C18H23NO/c1-15(19)18(12-13-20,17-10-6-3-7-11-17)14-16-8-4-2-5-9-16/h2-11,15,20H,12-14,19H2,1H3. The summed E-state index contributed by atoms with van der Waals surface area (Å²) < 4.78 is 0. The van der Waals surface area contributed by atoms with E-state index >= 15 is 0 Å². The molecule has 0 aliphatic carbocycles. The Labute approximate surface area is 121 Å². The lowest BCUT2D eigenvalue weighted by Crippen LogP contribution is -2.46. The Kier molecular flexibility index (Phi) is 4.94. The van der Waals surface area contributed by atoms with Gasteiger partial charge in [-0.2, -0.15) is 0 Å². The normalized spacial score (nSPS) is 15.6. The smallest absolute Gasteiger partial charge is 0.0440 e. The van der Waals surface area contributed by atoms with Crippen molar-refractivity contribution in [3.05, 3.63) is 71.8 Å². The molecule has 0 fully saturated rings. The Balaban J connectivity index is 2.42. The zero-order valence-electron chi connectivity index (χ0n) is 12.0. The van der Waals surface area contributed by atoms with Gasteiger partial charge >= 0.3 is 0 Å². The lowest BCUT2D eigenvalue weighted by molar-refractivity contribution is 0.217. The van der Waals surface area contributed by atoms with Crippen molar-refractivity contribution in [1.82, 2.24) is 0 Å². The molecule has 0 saturated heterocycles. The molecule has 0 aliphatic rings. The summed E-state index contributed by atoms with van der Waals surface area (Å²) in [5.41, 5.74) is 8.56. The monoisotopic (exact) mass is 269 g/mol. The van der Waals surface area contributed by atoms with Crippen LogP contribution in [0, 0.1) is 0 Å². The third kappa shape index (κ3) is 3.09. The average molecular weight is 269 g/mol. The minimum Gasteiger partial charge on any atom is -0.396 e. The van der Waals surface area contributed by atoms with Gasteiger partial charge in [-0.1, -0.05) is 60.7 Å². The molecule has 0 radical (unpaired) electrons. The van der Waals surface area contributed by atoms with Crippen LogP contribution in [-0.4, -0.2) is 17.8 Å². The predicted octanol–water partition coefficient (Wildman–Crippen LogP) is 2.90. The number of hydrogen-bond acceptors (Lipinski definition) is 2. The van der Waals surface area contributed by atoms with Crippen molar-refractivity contribution in [2.24, 2.45) is 5.73 Å². The van der Waals surface area contributed by atoms with E-state index in [1.165, 1.54) is 11.1 Å². The maximum Gasteiger partial charge on any atom is 0.0440 e. The van der Waals surface area contributed by atoms with Crippen LogP contribution in [0.15, 0.2) is 60.7 Å². The SMILES string of the molecule is CC(N)C(CCO)(Cc1ccccc1)c1ccccc1. The van der Waals surface area contributed by atoms with Gasteiger partial charge in [0.1, 0.15) is 0 Å². The number of benzene rings is 2. The molecule has 0 aliphatic heterocycles. The average Bonchev–Trinajstić information content (AvgIpc) is 2.48. The number of nitrogens with two attached hydrogens (primary N) is 1. The Morgan fingerprint density at radius 2 is 1.55 bits per heavy atom. The number of rotatable bonds is 6. The molecule has 106 valence electrons. The minimum atomic E-state index is -0.225. The van der Waals surface area contributed by atoms with Crippen molar-refractivity contribution in [3.8, 4) is 0 Å². The molecule has 2 nitrogen and oxygen atoms in total. The van der Waals surface area contributed by atoms with Gasteiger partial charge < -0.3 is 10.8 Å². The maximum atomic E-state index is 9.53. The van der Waals surface area contributed by atoms with Crippen LogP contribution < -0.4 is 5.73 Å². The fourth-order valence-corrected chi connectivity index (χ4v) is 2.92. The topological polar surface area (TPSA) is 46.2 Å². The summed E-state index contributed by atoms with van der Waals surface area (Å²) in [5.74, 6) is 0. The molecule has 0 heterocycles. The van der Waals surface area contributed by atoms with Crippen LogP contribution in [0.4, 0.5) is 0 Å². The van der Waals surface area contributed by atoms with Crippen LogP contribution in [-0.2, 0) is 11.8 Å². The van der Waals surface area contributed by atoms with Gasteiger partial charge in [0, 0.05) is 18.1 Å². The van der Waals surface area contributed by atoms with Gasteiger partial charge in [-0.3, -0.25) is 0 Å². The molecule has 2 heteroatoms. The van der Waals surface area contributed by atoms with Crippen molar-refractivity contribution in [2.45, 2.75) is 31.2 Å². The Bertz CT molecular complexity index is 509. The van der Waals surface area contributed by atoms with Crippen LogP contribution in [0.2, 0.25) is 0 Å². The molecule has 0 bridgehead atoms. The highest BCUT2D eigenvalue weighted by atomic mass is 16.3. The van der Waals surface area contributed by atoms with E-state index in [0.29, 0.717) is 6.42 Å². The third-order valence-electron chi connectivity index (χ3n) is 4.14. The molecule has 0 spiro atoms. The summed E-state index contributed by atoms with van der Waals surface area (Å²) >= 11 is 0. The quantitative estimate of drug-likeness (QED) is 0.847. The number of aliphatic hydroxyl groups is 1. The largest absolute Gasteiger partial charge is 0.396 e. The molecule has 2 aromatic carbocycles. The maximum absolute atomic E-state index is 9.53. The minimum absolute atomic E-state index is 0.0303. The van der Waals surface area contributed by atoms with E-state index in [1.54, 1.807) is 0 Å². The second-order valence-corrected chi connectivity index (χ2v) is 5.45. The van der Waals surface area contributed by atoms with E-state index in [1.807, 2.05) is 43.3 Å². The first-order chi connectivity index (χ1) is 9.69. The molecule has 0 amide bonds. The third-order valence-corrected chi connectivity index (χ3v) is 4.14. The Morgan fingerprint density at radius 3 is 2.05 bits per heavy atom. The molecular weight excluding hydrogens is 246 g/mol. The van der Waals surface area contributed by atoms with Gasteiger partial charge in [0.05, 0.1) is 0 Å². The highest BCUT2D eigenvalue weighted by Gasteiger charge is 2.35. The Hall–Kier alpha value is -1.64. The molecule has 2 atom stereocenters. The summed E-state index contributed by atoms with van der Waals surface area (Å²) in [5, 5.41) is 9.53. The van der Waals surface area contributed by atoms with Crippen LogP contribution in [0.25, 0.3) is 0 Å². The van der Waals surface area contributed by atoms with Gasteiger partial charge in [0.15, 0.2) is 0 Å². The van der Waals surface area contributed by atoms with Crippen LogP contribution in [0.5, 0.6) is 0 Å².